The highest BCUT2D eigenvalue weighted by Gasteiger charge is 2.31. The van der Waals surface area contributed by atoms with E-state index in [2.05, 4.69) is 41.2 Å². The molecule has 0 spiro atoms. The van der Waals surface area contributed by atoms with Crippen molar-refractivity contribution < 1.29 is 23.7 Å². The van der Waals surface area contributed by atoms with E-state index in [9.17, 15) is 4.79 Å². The molecule has 30 heavy (non-hydrogen) atoms. The highest BCUT2D eigenvalue weighted by atomic mass is 16.7. The molecule has 2 fully saturated rings. The van der Waals surface area contributed by atoms with Crippen LogP contribution in [0.4, 0.5) is 4.79 Å². The van der Waals surface area contributed by atoms with Gasteiger partial charge in [0.2, 0.25) is 0 Å². The number of hydrogen-bond acceptors (Lipinski definition) is 5. The summed E-state index contributed by atoms with van der Waals surface area (Å²) >= 11 is 0. The first-order valence-electron chi connectivity index (χ1n) is 12.0. The van der Waals surface area contributed by atoms with Gasteiger partial charge in [-0.05, 0) is 62.7 Å². The molecule has 0 aromatic rings. The van der Waals surface area contributed by atoms with Crippen LogP contribution >= 0.6 is 0 Å². The smallest absolute Gasteiger partial charge is 0.432 e. The lowest BCUT2D eigenvalue weighted by Gasteiger charge is -2.37. The number of carbonyl (C=O) groups is 1. The molecule has 0 saturated heterocycles. The van der Waals surface area contributed by atoms with Crippen molar-refractivity contribution in [3.63, 3.8) is 0 Å². The second-order valence-electron chi connectivity index (χ2n) is 9.96. The summed E-state index contributed by atoms with van der Waals surface area (Å²) in [4.78, 5) is 11.8. The van der Waals surface area contributed by atoms with Crippen LogP contribution in [0.15, 0.2) is 12.2 Å². The van der Waals surface area contributed by atoms with Crippen molar-refractivity contribution in [2.75, 3.05) is 26.4 Å². The number of rotatable bonds is 10. The van der Waals surface area contributed by atoms with Gasteiger partial charge in [0.05, 0.1) is 25.4 Å². The molecule has 5 heteroatoms. The lowest BCUT2D eigenvalue weighted by molar-refractivity contribution is -0.0606. The fourth-order valence-corrected chi connectivity index (χ4v) is 5.07. The topological polar surface area (TPSA) is 54.0 Å². The molecule has 174 valence electrons. The minimum Gasteiger partial charge on any atom is -0.432 e. The van der Waals surface area contributed by atoms with Crippen molar-refractivity contribution in [3.05, 3.63) is 12.2 Å². The summed E-state index contributed by atoms with van der Waals surface area (Å²) < 4.78 is 22.4. The number of hydrogen-bond donors (Lipinski definition) is 0. The third-order valence-corrected chi connectivity index (χ3v) is 6.92. The van der Waals surface area contributed by atoms with E-state index in [0.717, 1.165) is 19.3 Å². The van der Waals surface area contributed by atoms with Gasteiger partial charge >= 0.3 is 6.16 Å². The first-order valence-corrected chi connectivity index (χ1v) is 12.0. The van der Waals surface area contributed by atoms with E-state index in [-0.39, 0.29) is 25.4 Å². The van der Waals surface area contributed by atoms with E-state index in [4.69, 9.17) is 18.9 Å². The maximum atomic E-state index is 11.8. The summed E-state index contributed by atoms with van der Waals surface area (Å²) in [5.41, 5.74) is 1.18. The van der Waals surface area contributed by atoms with E-state index < -0.39 is 6.16 Å². The highest BCUT2D eigenvalue weighted by Crippen LogP contribution is 2.35. The fraction of sp³-hybridized carbons (Fsp3) is 0.880. The molecule has 2 aliphatic carbocycles. The van der Waals surface area contributed by atoms with Gasteiger partial charge in [-0.15, -0.1) is 0 Å². The van der Waals surface area contributed by atoms with Crippen molar-refractivity contribution in [1.29, 1.82) is 0 Å². The molecule has 2 saturated carbocycles. The summed E-state index contributed by atoms with van der Waals surface area (Å²) in [6.07, 6.45) is 6.77. The highest BCUT2D eigenvalue weighted by molar-refractivity contribution is 5.59. The van der Waals surface area contributed by atoms with Crippen LogP contribution in [-0.4, -0.2) is 44.8 Å². The maximum absolute atomic E-state index is 11.8. The van der Waals surface area contributed by atoms with Crippen molar-refractivity contribution in [2.45, 2.75) is 85.4 Å². The molecule has 0 radical (unpaired) electrons. The Morgan fingerprint density at radius 1 is 0.867 bits per heavy atom. The first kappa shape index (κ1) is 25.2. The van der Waals surface area contributed by atoms with Gasteiger partial charge in [0, 0.05) is 5.92 Å². The van der Waals surface area contributed by atoms with Crippen LogP contribution in [0.25, 0.3) is 0 Å². The average molecular weight is 425 g/mol. The molecule has 2 rings (SSSR count). The molecule has 5 nitrogen and oxygen atoms in total. The SMILES string of the molecule is C=C(C)[C@@H]1CC[C@@H](C)C[C@H]1OCCOC(=O)OCCO[C@@H]1C[C@H](C)CC[C@H]1C(C)C. The molecule has 0 heterocycles. The van der Waals surface area contributed by atoms with Crippen molar-refractivity contribution in [2.24, 2.45) is 29.6 Å². The number of ether oxygens (including phenoxy) is 4. The van der Waals surface area contributed by atoms with Gasteiger partial charge in [0.15, 0.2) is 0 Å². The zero-order valence-electron chi connectivity index (χ0n) is 19.9. The molecular weight excluding hydrogens is 380 g/mol. The maximum Gasteiger partial charge on any atom is 0.508 e. The summed E-state index contributed by atoms with van der Waals surface area (Å²) in [6, 6.07) is 0. The molecule has 6 atom stereocenters. The van der Waals surface area contributed by atoms with Crippen LogP contribution in [0.2, 0.25) is 0 Å². The van der Waals surface area contributed by atoms with Crippen LogP contribution in [-0.2, 0) is 18.9 Å². The Morgan fingerprint density at radius 3 is 1.97 bits per heavy atom. The van der Waals surface area contributed by atoms with Crippen LogP contribution in [0.1, 0.15) is 73.1 Å². The number of carbonyl (C=O) groups excluding carboxylic acids is 1. The van der Waals surface area contributed by atoms with Crippen LogP contribution in [0, 0.1) is 29.6 Å². The Hall–Kier alpha value is -1.07. The minimum atomic E-state index is -0.645. The predicted octanol–water partition coefficient (Wildman–Crippen LogP) is 6.01. The van der Waals surface area contributed by atoms with E-state index in [1.54, 1.807) is 0 Å². The zero-order chi connectivity index (χ0) is 22.1. The molecular formula is C25H44O5. The molecule has 2 aliphatic rings. The van der Waals surface area contributed by atoms with Crippen LogP contribution in [0.5, 0.6) is 0 Å². The largest absolute Gasteiger partial charge is 0.508 e. The van der Waals surface area contributed by atoms with Crippen molar-refractivity contribution in [1.82, 2.24) is 0 Å². The van der Waals surface area contributed by atoms with Gasteiger partial charge in [0.25, 0.3) is 0 Å². The first-order chi connectivity index (χ1) is 14.3. The second-order valence-corrected chi connectivity index (χ2v) is 9.96. The lowest BCUT2D eigenvalue weighted by Crippen LogP contribution is -2.35. The normalized spacial score (nSPS) is 32.1. The van der Waals surface area contributed by atoms with Crippen molar-refractivity contribution >= 4 is 6.16 Å². The zero-order valence-corrected chi connectivity index (χ0v) is 19.9. The molecule has 0 N–H and O–H groups in total. The van der Waals surface area contributed by atoms with E-state index >= 15 is 0 Å². The molecule has 0 aromatic heterocycles. The minimum absolute atomic E-state index is 0.172. The van der Waals surface area contributed by atoms with Crippen LogP contribution < -0.4 is 0 Å². The third-order valence-electron chi connectivity index (χ3n) is 6.92. The summed E-state index contributed by atoms with van der Waals surface area (Å²) in [5.74, 6) is 2.98. The van der Waals surface area contributed by atoms with Gasteiger partial charge in [-0.2, -0.15) is 0 Å². The van der Waals surface area contributed by atoms with Crippen LogP contribution in [0.3, 0.4) is 0 Å². The quantitative estimate of drug-likeness (QED) is 0.244. The van der Waals surface area contributed by atoms with Gasteiger partial charge < -0.3 is 18.9 Å². The third kappa shape index (κ3) is 8.22. The Morgan fingerprint density at radius 2 is 1.40 bits per heavy atom. The fourth-order valence-electron chi connectivity index (χ4n) is 5.07. The van der Waals surface area contributed by atoms with E-state index in [1.165, 1.54) is 24.8 Å². The molecule has 0 bridgehead atoms. The van der Waals surface area contributed by atoms with Gasteiger partial charge in [0.1, 0.15) is 13.2 Å². The Bertz CT molecular complexity index is 532. The van der Waals surface area contributed by atoms with E-state index in [0.29, 0.717) is 42.8 Å². The van der Waals surface area contributed by atoms with Gasteiger partial charge in [-0.1, -0.05) is 46.3 Å². The molecule has 0 aliphatic heterocycles. The Kier molecular flexibility index (Phi) is 10.7. The van der Waals surface area contributed by atoms with E-state index in [1.807, 2.05) is 0 Å². The Balaban J connectivity index is 1.58. The second kappa shape index (κ2) is 12.7. The van der Waals surface area contributed by atoms with Crippen molar-refractivity contribution in [3.8, 4) is 0 Å². The molecule has 0 aromatic carbocycles. The predicted molar refractivity (Wildman–Crippen MR) is 119 cm³/mol. The monoisotopic (exact) mass is 424 g/mol. The molecule has 0 unspecified atom stereocenters. The standard InChI is InChI=1S/C25H44O5/c1-17(2)21-9-7-19(5)15-23(21)27-11-13-29-25(26)30-14-12-28-24-16-20(6)8-10-22(24)18(3)4/h18-24H,1,7-16H2,2-6H3/t19-,20-,21+,22+,23-,24-/m1/s1. The Labute approximate surface area is 183 Å². The summed E-state index contributed by atoms with van der Waals surface area (Å²) in [6.45, 7) is 16.5. The van der Waals surface area contributed by atoms with Gasteiger partial charge in [-0.3, -0.25) is 0 Å². The summed E-state index contributed by atoms with van der Waals surface area (Å²) in [5, 5.41) is 0. The lowest BCUT2D eigenvalue weighted by atomic mass is 9.75. The summed E-state index contributed by atoms with van der Waals surface area (Å²) in [7, 11) is 0. The molecule has 0 amide bonds. The van der Waals surface area contributed by atoms with Gasteiger partial charge in [-0.25, -0.2) is 4.79 Å². The average Bonchev–Trinajstić information content (AvgIpc) is 2.68.